The first-order chi connectivity index (χ1) is 16.9. The van der Waals surface area contributed by atoms with E-state index in [4.69, 9.17) is 14.2 Å². The first-order valence-electron chi connectivity index (χ1n) is 11.1. The number of carbonyl (C=O) groups excluding carboxylic acids is 1. The molecule has 0 saturated carbocycles. The van der Waals surface area contributed by atoms with Gasteiger partial charge < -0.3 is 14.2 Å². The zero-order valence-corrected chi connectivity index (χ0v) is 22.2. The molecular weight excluding hydrogens is 532 g/mol. The third kappa shape index (κ3) is 4.83. The van der Waals surface area contributed by atoms with Crippen molar-refractivity contribution in [2.24, 2.45) is 4.99 Å². The molecule has 3 aromatic rings. The Hall–Kier alpha value is -3.17. The van der Waals surface area contributed by atoms with Gasteiger partial charge in [0.1, 0.15) is 0 Å². The van der Waals surface area contributed by atoms with Gasteiger partial charge >= 0.3 is 5.97 Å². The number of allylic oxidation sites excluding steroid dienone is 1. The van der Waals surface area contributed by atoms with Crippen LogP contribution >= 0.6 is 27.3 Å². The molecule has 1 aliphatic heterocycles. The minimum Gasteiger partial charge on any atom is -0.493 e. The number of benzene rings is 2. The van der Waals surface area contributed by atoms with Crippen LogP contribution in [0.2, 0.25) is 0 Å². The second-order valence-corrected chi connectivity index (χ2v) is 9.54. The van der Waals surface area contributed by atoms with E-state index in [2.05, 4.69) is 20.9 Å². The smallest absolute Gasteiger partial charge is 0.338 e. The van der Waals surface area contributed by atoms with Crippen LogP contribution < -0.4 is 24.4 Å². The summed E-state index contributed by atoms with van der Waals surface area (Å²) in [5.41, 5.74) is 2.24. The lowest BCUT2D eigenvalue weighted by Crippen LogP contribution is -2.39. The number of fused-ring (bicyclic) bond motifs is 1. The third-order valence-corrected chi connectivity index (χ3v) is 7.04. The highest BCUT2D eigenvalue weighted by molar-refractivity contribution is 9.10. The van der Waals surface area contributed by atoms with Gasteiger partial charge in [-0.1, -0.05) is 41.7 Å². The summed E-state index contributed by atoms with van der Waals surface area (Å²) in [7, 11) is 1.57. The summed E-state index contributed by atoms with van der Waals surface area (Å²) in [5, 5.41) is 0. The van der Waals surface area contributed by atoms with Gasteiger partial charge in [-0.2, -0.15) is 0 Å². The molecule has 0 unspecified atom stereocenters. The molecule has 0 N–H and O–H groups in total. The van der Waals surface area contributed by atoms with E-state index in [0.29, 0.717) is 38.7 Å². The SMILES string of the molecule is CCOC(=O)C1=C(C)N=c2s/c(=C\c3cc(Br)c(OCC)c(OC)c3)c(=O)n2[C@H]1c1ccccc1. The average molecular weight is 557 g/mol. The number of halogens is 1. The molecule has 0 bridgehead atoms. The van der Waals surface area contributed by atoms with Crippen LogP contribution in [0, 0.1) is 0 Å². The van der Waals surface area contributed by atoms with E-state index in [9.17, 15) is 9.59 Å². The van der Waals surface area contributed by atoms with Crippen LogP contribution in [0.4, 0.5) is 0 Å². The van der Waals surface area contributed by atoms with Crippen LogP contribution in [0.3, 0.4) is 0 Å². The van der Waals surface area contributed by atoms with E-state index in [1.807, 2.05) is 49.4 Å². The molecule has 4 rings (SSSR count). The predicted molar refractivity (Wildman–Crippen MR) is 139 cm³/mol. The number of esters is 1. The molecule has 1 atom stereocenters. The fourth-order valence-corrected chi connectivity index (χ4v) is 5.62. The van der Waals surface area contributed by atoms with Gasteiger partial charge in [0.05, 0.1) is 46.6 Å². The molecule has 0 aliphatic carbocycles. The van der Waals surface area contributed by atoms with Gasteiger partial charge in [-0.25, -0.2) is 9.79 Å². The molecule has 2 aromatic carbocycles. The van der Waals surface area contributed by atoms with Gasteiger partial charge in [0.15, 0.2) is 16.3 Å². The molecule has 0 spiro atoms. The summed E-state index contributed by atoms with van der Waals surface area (Å²) >= 11 is 4.81. The van der Waals surface area contributed by atoms with E-state index in [0.717, 1.165) is 15.6 Å². The van der Waals surface area contributed by atoms with Crippen molar-refractivity contribution in [3.63, 3.8) is 0 Å². The monoisotopic (exact) mass is 556 g/mol. The summed E-state index contributed by atoms with van der Waals surface area (Å²) in [5.74, 6) is 0.687. The highest BCUT2D eigenvalue weighted by Gasteiger charge is 2.33. The van der Waals surface area contributed by atoms with Crippen molar-refractivity contribution in [1.29, 1.82) is 0 Å². The molecule has 182 valence electrons. The van der Waals surface area contributed by atoms with E-state index < -0.39 is 12.0 Å². The largest absolute Gasteiger partial charge is 0.493 e. The van der Waals surface area contributed by atoms with Gasteiger partial charge in [-0.05, 0) is 66.0 Å². The molecule has 7 nitrogen and oxygen atoms in total. The Balaban J connectivity index is 1.91. The van der Waals surface area contributed by atoms with Crippen molar-refractivity contribution < 1.29 is 19.0 Å². The molecule has 9 heteroatoms. The quantitative estimate of drug-likeness (QED) is 0.411. The average Bonchev–Trinajstić information content (AvgIpc) is 3.14. The Morgan fingerprint density at radius 2 is 1.94 bits per heavy atom. The van der Waals surface area contributed by atoms with Gasteiger partial charge in [0.2, 0.25) is 0 Å². The third-order valence-electron chi connectivity index (χ3n) is 5.47. The van der Waals surface area contributed by atoms with Crippen LogP contribution in [-0.2, 0) is 9.53 Å². The number of nitrogens with zero attached hydrogens (tertiary/aromatic N) is 2. The van der Waals surface area contributed by atoms with Crippen molar-refractivity contribution in [2.75, 3.05) is 20.3 Å². The number of aromatic nitrogens is 1. The van der Waals surface area contributed by atoms with Crippen LogP contribution in [0.1, 0.15) is 37.9 Å². The Bertz CT molecular complexity index is 1470. The fraction of sp³-hybridized carbons (Fsp3) is 0.269. The first kappa shape index (κ1) is 24.9. The van der Waals surface area contributed by atoms with Crippen molar-refractivity contribution in [3.05, 3.63) is 89.0 Å². The minimum atomic E-state index is -0.629. The van der Waals surface area contributed by atoms with E-state index in [-0.39, 0.29) is 12.2 Å². The number of hydrogen-bond donors (Lipinski definition) is 0. The van der Waals surface area contributed by atoms with Crippen LogP contribution in [0.5, 0.6) is 11.5 Å². The zero-order valence-electron chi connectivity index (χ0n) is 19.8. The lowest BCUT2D eigenvalue weighted by atomic mass is 9.96. The number of thiazole rings is 1. The lowest BCUT2D eigenvalue weighted by Gasteiger charge is -2.24. The zero-order chi connectivity index (χ0) is 25.1. The Labute approximate surface area is 215 Å². The Morgan fingerprint density at radius 1 is 1.20 bits per heavy atom. The van der Waals surface area contributed by atoms with Crippen molar-refractivity contribution >= 4 is 39.3 Å². The standard InChI is InChI=1S/C26H25BrN2O5S/c1-5-33-23-18(27)12-16(13-19(23)32-4)14-20-24(30)29-22(17-10-8-7-9-11-17)21(25(31)34-6-2)15(3)28-26(29)35-20/h7-14,22H,5-6H2,1-4H3/b20-14-/t22-/m0/s1. The second-order valence-electron chi connectivity index (χ2n) is 7.68. The van der Waals surface area contributed by atoms with Crippen LogP contribution in [0.15, 0.2) is 68.0 Å². The molecule has 1 aliphatic rings. The fourth-order valence-electron chi connectivity index (χ4n) is 4.00. The van der Waals surface area contributed by atoms with Gasteiger partial charge in [0.25, 0.3) is 5.56 Å². The van der Waals surface area contributed by atoms with Crippen molar-refractivity contribution in [1.82, 2.24) is 4.57 Å². The topological polar surface area (TPSA) is 79.1 Å². The molecule has 2 heterocycles. The second kappa shape index (κ2) is 10.6. The maximum atomic E-state index is 13.7. The summed E-state index contributed by atoms with van der Waals surface area (Å²) in [4.78, 5) is 31.7. The molecule has 1 aromatic heterocycles. The number of rotatable bonds is 7. The number of hydrogen-bond acceptors (Lipinski definition) is 7. The molecule has 0 saturated heterocycles. The minimum absolute atomic E-state index is 0.232. The molecule has 0 radical (unpaired) electrons. The molecule has 35 heavy (non-hydrogen) atoms. The summed E-state index contributed by atoms with van der Waals surface area (Å²) in [6, 6.07) is 12.5. The van der Waals surface area contributed by atoms with Crippen molar-refractivity contribution in [2.45, 2.75) is 26.8 Å². The number of ether oxygens (including phenoxy) is 3. The Kier molecular flexibility index (Phi) is 7.57. The maximum Gasteiger partial charge on any atom is 0.338 e. The van der Waals surface area contributed by atoms with Crippen LogP contribution in [-0.4, -0.2) is 30.9 Å². The lowest BCUT2D eigenvalue weighted by molar-refractivity contribution is -0.139. The maximum absolute atomic E-state index is 13.7. The Morgan fingerprint density at radius 3 is 2.60 bits per heavy atom. The number of methoxy groups -OCH3 is 1. The first-order valence-corrected chi connectivity index (χ1v) is 12.7. The highest BCUT2D eigenvalue weighted by atomic mass is 79.9. The molecule has 0 fully saturated rings. The normalized spacial score (nSPS) is 15.5. The predicted octanol–water partition coefficient (Wildman–Crippen LogP) is 3.97. The van der Waals surface area contributed by atoms with Crippen molar-refractivity contribution in [3.8, 4) is 11.5 Å². The summed E-state index contributed by atoms with van der Waals surface area (Å²) < 4.78 is 19.3. The van der Waals surface area contributed by atoms with Gasteiger partial charge in [0, 0.05) is 0 Å². The highest BCUT2D eigenvalue weighted by Crippen LogP contribution is 2.37. The van der Waals surface area contributed by atoms with Crippen LogP contribution in [0.25, 0.3) is 6.08 Å². The molecule has 0 amide bonds. The van der Waals surface area contributed by atoms with Gasteiger partial charge in [-0.3, -0.25) is 9.36 Å². The van der Waals surface area contributed by atoms with E-state index in [1.54, 1.807) is 31.6 Å². The summed E-state index contributed by atoms with van der Waals surface area (Å²) in [6.45, 7) is 6.15. The number of carbonyl (C=O) groups is 1. The summed E-state index contributed by atoms with van der Waals surface area (Å²) in [6.07, 6.45) is 1.79. The molecular formula is C26H25BrN2O5S. The van der Waals surface area contributed by atoms with E-state index >= 15 is 0 Å². The van der Waals surface area contributed by atoms with E-state index in [1.165, 1.54) is 11.3 Å². The van der Waals surface area contributed by atoms with Gasteiger partial charge in [-0.15, -0.1) is 0 Å².